The monoisotopic (exact) mass is 292 g/mol. The van der Waals surface area contributed by atoms with Crippen LogP contribution in [-0.4, -0.2) is 32.4 Å². The van der Waals surface area contributed by atoms with Crippen LogP contribution in [0, 0.1) is 11.6 Å². The molecule has 0 aliphatic rings. The van der Waals surface area contributed by atoms with Crippen molar-refractivity contribution in [2.75, 3.05) is 19.6 Å². The van der Waals surface area contributed by atoms with E-state index in [2.05, 4.69) is 0 Å². The molecule has 1 rings (SSSR count). The molecule has 0 aromatic heterocycles. The first-order valence-electron chi connectivity index (χ1n) is 6.08. The van der Waals surface area contributed by atoms with Crippen LogP contribution in [0.15, 0.2) is 23.1 Å². The summed E-state index contributed by atoms with van der Waals surface area (Å²) >= 11 is 0. The number of rotatable bonds is 7. The molecule has 0 atom stereocenters. The summed E-state index contributed by atoms with van der Waals surface area (Å²) in [6.45, 7) is 2.36. The molecule has 0 radical (unpaired) electrons. The van der Waals surface area contributed by atoms with E-state index in [0.29, 0.717) is 12.5 Å². The fraction of sp³-hybridized carbons (Fsp3) is 0.500. The minimum Gasteiger partial charge on any atom is -0.329 e. The highest BCUT2D eigenvalue weighted by Gasteiger charge is 2.27. The van der Waals surface area contributed by atoms with Crippen LogP contribution in [0.3, 0.4) is 0 Å². The lowest BCUT2D eigenvalue weighted by Crippen LogP contribution is -2.36. The molecule has 0 spiro atoms. The molecule has 0 aliphatic heterocycles. The van der Waals surface area contributed by atoms with Crippen LogP contribution < -0.4 is 5.73 Å². The van der Waals surface area contributed by atoms with Crippen LogP contribution in [0.2, 0.25) is 0 Å². The molecule has 1 aromatic carbocycles. The van der Waals surface area contributed by atoms with Gasteiger partial charge in [0.05, 0.1) is 0 Å². The topological polar surface area (TPSA) is 63.4 Å². The fourth-order valence-corrected chi connectivity index (χ4v) is 3.21. The van der Waals surface area contributed by atoms with Gasteiger partial charge >= 0.3 is 0 Å². The first-order chi connectivity index (χ1) is 8.93. The van der Waals surface area contributed by atoms with Crippen molar-refractivity contribution in [2.24, 2.45) is 5.73 Å². The van der Waals surface area contributed by atoms with E-state index in [1.54, 1.807) is 0 Å². The molecule has 1 aromatic rings. The fourth-order valence-electron chi connectivity index (χ4n) is 1.64. The van der Waals surface area contributed by atoms with Gasteiger partial charge in [0.1, 0.15) is 16.5 Å². The maximum Gasteiger partial charge on any atom is 0.246 e. The summed E-state index contributed by atoms with van der Waals surface area (Å²) < 4.78 is 52.3. The Morgan fingerprint density at radius 3 is 2.53 bits per heavy atom. The zero-order chi connectivity index (χ0) is 14.5. The minimum absolute atomic E-state index is 0.0816. The van der Waals surface area contributed by atoms with Crippen LogP contribution in [0.1, 0.15) is 19.8 Å². The highest BCUT2D eigenvalue weighted by atomic mass is 32.2. The van der Waals surface area contributed by atoms with Crippen molar-refractivity contribution in [1.29, 1.82) is 0 Å². The molecule has 0 fully saturated rings. The van der Waals surface area contributed by atoms with Gasteiger partial charge in [0, 0.05) is 19.6 Å². The molecular weight excluding hydrogens is 274 g/mol. The second-order valence-corrected chi connectivity index (χ2v) is 6.03. The summed E-state index contributed by atoms with van der Waals surface area (Å²) in [4.78, 5) is -0.642. The summed E-state index contributed by atoms with van der Waals surface area (Å²) in [5, 5.41) is 0. The highest BCUT2D eigenvalue weighted by Crippen LogP contribution is 2.20. The van der Waals surface area contributed by atoms with Crippen molar-refractivity contribution in [2.45, 2.75) is 24.7 Å². The van der Waals surface area contributed by atoms with E-state index in [0.717, 1.165) is 22.9 Å². The number of nitrogens with two attached hydrogens (primary N) is 1. The van der Waals surface area contributed by atoms with Crippen LogP contribution >= 0.6 is 0 Å². The number of sulfonamides is 1. The summed E-state index contributed by atoms with van der Waals surface area (Å²) in [5.41, 5.74) is 5.37. The highest BCUT2D eigenvalue weighted by molar-refractivity contribution is 7.89. The SMILES string of the molecule is CCCCN(CCN)S(=O)(=O)c1cc(F)ccc1F. The van der Waals surface area contributed by atoms with Crippen LogP contribution in [0.4, 0.5) is 8.78 Å². The lowest BCUT2D eigenvalue weighted by molar-refractivity contribution is 0.406. The molecule has 0 saturated heterocycles. The first kappa shape index (κ1) is 16.0. The zero-order valence-corrected chi connectivity index (χ0v) is 11.6. The number of hydrogen-bond acceptors (Lipinski definition) is 3. The van der Waals surface area contributed by atoms with Crippen molar-refractivity contribution < 1.29 is 17.2 Å². The smallest absolute Gasteiger partial charge is 0.246 e. The van der Waals surface area contributed by atoms with Gasteiger partial charge in [-0.1, -0.05) is 13.3 Å². The number of nitrogens with zero attached hydrogens (tertiary/aromatic N) is 1. The van der Waals surface area contributed by atoms with E-state index in [4.69, 9.17) is 5.73 Å². The van der Waals surface area contributed by atoms with Gasteiger partial charge in [0.15, 0.2) is 0 Å². The van der Waals surface area contributed by atoms with Crippen molar-refractivity contribution in [3.8, 4) is 0 Å². The molecule has 0 amide bonds. The number of unbranched alkanes of at least 4 members (excludes halogenated alkanes) is 1. The van der Waals surface area contributed by atoms with Gasteiger partial charge < -0.3 is 5.73 Å². The van der Waals surface area contributed by atoms with Gasteiger partial charge in [-0.25, -0.2) is 17.2 Å². The van der Waals surface area contributed by atoms with Gasteiger partial charge in [-0.15, -0.1) is 0 Å². The van der Waals surface area contributed by atoms with Crippen molar-refractivity contribution in [1.82, 2.24) is 4.31 Å². The Hall–Kier alpha value is -1.05. The van der Waals surface area contributed by atoms with Crippen LogP contribution in [0.5, 0.6) is 0 Å². The Labute approximate surface area is 112 Å². The third-order valence-electron chi connectivity index (χ3n) is 2.65. The van der Waals surface area contributed by atoms with Gasteiger partial charge in [-0.2, -0.15) is 4.31 Å². The van der Waals surface area contributed by atoms with Gasteiger partial charge in [0.25, 0.3) is 0 Å². The minimum atomic E-state index is -4.05. The maximum atomic E-state index is 13.6. The van der Waals surface area contributed by atoms with E-state index in [1.807, 2.05) is 6.92 Å². The summed E-state index contributed by atoms with van der Waals surface area (Å²) in [6.07, 6.45) is 1.43. The summed E-state index contributed by atoms with van der Waals surface area (Å²) in [5.74, 6) is -1.75. The van der Waals surface area contributed by atoms with Crippen LogP contribution in [-0.2, 0) is 10.0 Å². The predicted molar refractivity (Wildman–Crippen MR) is 69.1 cm³/mol. The molecule has 7 heteroatoms. The van der Waals surface area contributed by atoms with E-state index in [9.17, 15) is 17.2 Å². The van der Waals surface area contributed by atoms with E-state index in [-0.39, 0.29) is 19.6 Å². The van der Waals surface area contributed by atoms with Crippen LogP contribution in [0.25, 0.3) is 0 Å². The zero-order valence-electron chi connectivity index (χ0n) is 10.8. The second kappa shape index (κ2) is 6.93. The van der Waals surface area contributed by atoms with E-state index >= 15 is 0 Å². The standard InChI is InChI=1S/C12H18F2N2O2S/c1-2-3-7-16(8-6-15)19(17,18)12-9-10(13)4-5-11(12)14/h4-5,9H,2-3,6-8,15H2,1H3. The third-order valence-corrected chi connectivity index (χ3v) is 4.56. The Morgan fingerprint density at radius 1 is 1.26 bits per heavy atom. The quantitative estimate of drug-likeness (QED) is 0.832. The molecule has 19 heavy (non-hydrogen) atoms. The van der Waals surface area contributed by atoms with E-state index < -0.39 is 26.6 Å². The molecule has 2 N–H and O–H groups in total. The van der Waals surface area contributed by atoms with E-state index in [1.165, 1.54) is 0 Å². The van der Waals surface area contributed by atoms with Gasteiger partial charge in [0.2, 0.25) is 10.0 Å². The molecule has 108 valence electrons. The average Bonchev–Trinajstić information content (AvgIpc) is 2.37. The van der Waals surface area contributed by atoms with Crippen molar-refractivity contribution >= 4 is 10.0 Å². The lowest BCUT2D eigenvalue weighted by atomic mass is 10.3. The molecule has 0 aliphatic carbocycles. The number of halogens is 2. The number of benzene rings is 1. The normalized spacial score (nSPS) is 12.1. The lowest BCUT2D eigenvalue weighted by Gasteiger charge is -2.21. The predicted octanol–water partition coefficient (Wildman–Crippen LogP) is 1.71. The summed E-state index contributed by atoms with van der Waals surface area (Å²) in [7, 11) is -4.05. The molecule has 0 heterocycles. The number of hydrogen-bond donors (Lipinski definition) is 1. The third kappa shape index (κ3) is 3.95. The van der Waals surface area contributed by atoms with Crippen molar-refractivity contribution in [3.63, 3.8) is 0 Å². The average molecular weight is 292 g/mol. The maximum absolute atomic E-state index is 13.6. The Bertz CT molecular complexity index is 520. The molecule has 4 nitrogen and oxygen atoms in total. The first-order valence-corrected chi connectivity index (χ1v) is 7.52. The molecular formula is C12H18F2N2O2S. The molecule has 0 bridgehead atoms. The molecule has 0 unspecified atom stereocenters. The largest absolute Gasteiger partial charge is 0.329 e. The summed E-state index contributed by atoms with van der Waals surface area (Å²) in [6, 6.07) is 2.39. The Kier molecular flexibility index (Phi) is 5.84. The van der Waals surface area contributed by atoms with Gasteiger partial charge in [-0.3, -0.25) is 0 Å². The second-order valence-electron chi connectivity index (χ2n) is 4.12. The Balaban J connectivity index is 3.14. The Morgan fingerprint density at radius 2 is 1.95 bits per heavy atom. The molecule has 0 saturated carbocycles. The van der Waals surface area contributed by atoms with Crippen molar-refractivity contribution in [3.05, 3.63) is 29.8 Å². The van der Waals surface area contributed by atoms with Gasteiger partial charge in [-0.05, 0) is 24.6 Å².